The van der Waals surface area contributed by atoms with Gasteiger partial charge in [0.2, 0.25) is 5.91 Å². The Labute approximate surface area is 127 Å². The molecule has 3 rings (SSSR count). The number of carbonyl (C=O) groups excluding carboxylic acids is 1. The zero-order valence-corrected chi connectivity index (χ0v) is 12.0. The van der Waals surface area contributed by atoms with Crippen molar-refractivity contribution in [3.63, 3.8) is 0 Å². The van der Waals surface area contributed by atoms with Gasteiger partial charge in [0, 0.05) is 6.20 Å². The number of pyridine rings is 1. The van der Waals surface area contributed by atoms with Crippen LogP contribution in [0, 0.1) is 0 Å². The first kappa shape index (κ1) is 13.6. The molecule has 0 radical (unpaired) electrons. The first-order valence-electron chi connectivity index (χ1n) is 6.61. The summed E-state index contributed by atoms with van der Waals surface area (Å²) in [4.78, 5) is 16.2. The number of carbonyl (C=O) groups is 1. The maximum atomic E-state index is 12.2. The second-order valence-electron chi connectivity index (χ2n) is 4.70. The summed E-state index contributed by atoms with van der Waals surface area (Å²) in [6.45, 7) is 0. The van der Waals surface area contributed by atoms with Crippen LogP contribution in [0.5, 0.6) is 0 Å². The molecule has 0 aliphatic rings. The zero-order valence-electron chi connectivity index (χ0n) is 11.2. The highest BCUT2D eigenvalue weighted by Gasteiger charge is 2.09. The SMILES string of the molecule is O=C(Cc1cccc2ccccc12)Nc1ncccc1Cl. The number of halogens is 1. The van der Waals surface area contributed by atoms with Crippen LogP contribution in [-0.4, -0.2) is 10.9 Å². The fraction of sp³-hybridized carbons (Fsp3) is 0.0588. The van der Waals surface area contributed by atoms with Gasteiger partial charge in [-0.05, 0) is 28.5 Å². The molecule has 1 amide bonds. The molecule has 21 heavy (non-hydrogen) atoms. The molecule has 2 aromatic carbocycles. The van der Waals surface area contributed by atoms with E-state index in [-0.39, 0.29) is 12.3 Å². The summed E-state index contributed by atoms with van der Waals surface area (Å²) < 4.78 is 0. The van der Waals surface area contributed by atoms with Crippen molar-refractivity contribution in [1.29, 1.82) is 0 Å². The van der Waals surface area contributed by atoms with Crippen molar-refractivity contribution in [2.24, 2.45) is 0 Å². The fourth-order valence-electron chi connectivity index (χ4n) is 2.27. The van der Waals surface area contributed by atoms with E-state index in [1.807, 2.05) is 42.5 Å². The molecule has 0 fully saturated rings. The third-order valence-electron chi connectivity index (χ3n) is 3.25. The third kappa shape index (κ3) is 3.03. The molecule has 0 atom stereocenters. The highest BCUT2D eigenvalue weighted by molar-refractivity contribution is 6.33. The second-order valence-corrected chi connectivity index (χ2v) is 5.10. The normalized spacial score (nSPS) is 10.5. The molecule has 0 bridgehead atoms. The van der Waals surface area contributed by atoms with Crippen molar-refractivity contribution in [3.8, 4) is 0 Å². The molecule has 104 valence electrons. The van der Waals surface area contributed by atoms with Gasteiger partial charge in [-0.15, -0.1) is 0 Å². The fourth-order valence-corrected chi connectivity index (χ4v) is 2.44. The minimum absolute atomic E-state index is 0.132. The van der Waals surface area contributed by atoms with Crippen LogP contribution in [0.2, 0.25) is 5.02 Å². The van der Waals surface area contributed by atoms with Crippen molar-refractivity contribution < 1.29 is 4.79 Å². The standard InChI is InChI=1S/C17H13ClN2O/c18-15-9-4-10-19-17(15)20-16(21)11-13-7-3-6-12-5-1-2-8-14(12)13/h1-10H,11H2,(H,19,20,21). The Balaban J connectivity index is 1.82. The van der Waals surface area contributed by atoms with Crippen LogP contribution in [0.3, 0.4) is 0 Å². The van der Waals surface area contributed by atoms with E-state index in [4.69, 9.17) is 11.6 Å². The lowest BCUT2D eigenvalue weighted by atomic mass is 10.0. The Morgan fingerprint density at radius 1 is 1.05 bits per heavy atom. The van der Waals surface area contributed by atoms with Crippen LogP contribution in [0.1, 0.15) is 5.56 Å². The molecular weight excluding hydrogens is 284 g/mol. The number of amides is 1. The Hall–Kier alpha value is -2.39. The molecule has 0 aliphatic carbocycles. The van der Waals surface area contributed by atoms with Gasteiger partial charge in [0.25, 0.3) is 0 Å². The van der Waals surface area contributed by atoms with Gasteiger partial charge >= 0.3 is 0 Å². The molecule has 0 saturated heterocycles. The maximum absolute atomic E-state index is 12.2. The maximum Gasteiger partial charge on any atom is 0.230 e. The number of aromatic nitrogens is 1. The summed E-state index contributed by atoms with van der Waals surface area (Å²) in [5.41, 5.74) is 0.984. The molecule has 1 N–H and O–H groups in total. The summed E-state index contributed by atoms with van der Waals surface area (Å²) in [6, 6.07) is 17.4. The van der Waals surface area contributed by atoms with Gasteiger partial charge in [-0.2, -0.15) is 0 Å². The van der Waals surface area contributed by atoms with E-state index in [1.54, 1.807) is 18.3 Å². The number of hydrogen-bond donors (Lipinski definition) is 1. The van der Waals surface area contributed by atoms with E-state index < -0.39 is 0 Å². The van der Waals surface area contributed by atoms with Gasteiger partial charge in [-0.1, -0.05) is 54.1 Å². The Morgan fingerprint density at radius 3 is 2.71 bits per heavy atom. The van der Waals surface area contributed by atoms with Gasteiger partial charge in [-0.25, -0.2) is 4.98 Å². The minimum atomic E-state index is -0.132. The van der Waals surface area contributed by atoms with E-state index in [9.17, 15) is 4.79 Å². The molecule has 0 spiro atoms. The van der Waals surface area contributed by atoms with Gasteiger partial charge in [0.15, 0.2) is 5.82 Å². The monoisotopic (exact) mass is 296 g/mol. The summed E-state index contributed by atoms with van der Waals surface area (Å²) in [5, 5.41) is 5.38. The summed E-state index contributed by atoms with van der Waals surface area (Å²) in [6.07, 6.45) is 1.88. The summed E-state index contributed by atoms with van der Waals surface area (Å²) in [7, 11) is 0. The number of hydrogen-bond acceptors (Lipinski definition) is 2. The minimum Gasteiger partial charge on any atom is -0.309 e. The van der Waals surface area contributed by atoms with Crippen molar-refractivity contribution in [2.45, 2.75) is 6.42 Å². The van der Waals surface area contributed by atoms with Crippen LogP contribution in [0.15, 0.2) is 60.8 Å². The first-order valence-corrected chi connectivity index (χ1v) is 6.99. The summed E-state index contributed by atoms with van der Waals surface area (Å²) in [5.74, 6) is 0.261. The van der Waals surface area contributed by atoms with E-state index in [0.717, 1.165) is 16.3 Å². The molecule has 0 aliphatic heterocycles. The van der Waals surface area contributed by atoms with E-state index >= 15 is 0 Å². The molecule has 1 heterocycles. The van der Waals surface area contributed by atoms with Crippen LogP contribution in [0.4, 0.5) is 5.82 Å². The van der Waals surface area contributed by atoms with Gasteiger partial charge < -0.3 is 5.32 Å². The smallest absolute Gasteiger partial charge is 0.230 e. The molecule has 3 nitrogen and oxygen atoms in total. The second kappa shape index (κ2) is 5.94. The van der Waals surface area contributed by atoms with E-state index in [0.29, 0.717) is 10.8 Å². The van der Waals surface area contributed by atoms with Crippen LogP contribution in [-0.2, 0) is 11.2 Å². The Kier molecular flexibility index (Phi) is 3.84. The lowest BCUT2D eigenvalue weighted by Gasteiger charge is -2.08. The molecule has 3 aromatic rings. The number of rotatable bonds is 3. The predicted octanol–water partition coefficient (Wildman–Crippen LogP) is 4.07. The first-order chi connectivity index (χ1) is 10.2. The average Bonchev–Trinajstić information content (AvgIpc) is 2.50. The van der Waals surface area contributed by atoms with Crippen LogP contribution >= 0.6 is 11.6 Å². The largest absolute Gasteiger partial charge is 0.309 e. The Bertz CT molecular complexity index is 796. The number of nitrogens with zero attached hydrogens (tertiary/aromatic N) is 1. The van der Waals surface area contributed by atoms with Crippen molar-refractivity contribution in [1.82, 2.24) is 4.98 Å². The third-order valence-corrected chi connectivity index (χ3v) is 3.55. The van der Waals surface area contributed by atoms with Crippen LogP contribution < -0.4 is 5.32 Å². The lowest BCUT2D eigenvalue weighted by molar-refractivity contribution is -0.115. The molecule has 0 unspecified atom stereocenters. The molecular formula is C17H13ClN2O. The zero-order chi connectivity index (χ0) is 14.7. The van der Waals surface area contributed by atoms with E-state index in [2.05, 4.69) is 10.3 Å². The number of fused-ring (bicyclic) bond motifs is 1. The number of anilines is 1. The van der Waals surface area contributed by atoms with Crippen molar-refractivity contribution in [2.75, 3.05) is 5.32 Å². The average molecular weight is 297 g/mol. The predicted molar refractivity (Wildman–Crippen MR) is 85.5 cm³/mol. The van der Waals surface area contributed by atoms with Crippen molar-refractivity contribution >= 4 is 34.1 Å². The number of benzene rings is 2. The Morgan fingerprint density at radius 2 is 1.86 bits per heavy atom. The summed E-state index contributed by atoms with van der Waals surface area (Å²) >= 11 is 5.99. The molecule has 1 aromatic heterocycles. The van der Waals surface area contributed by atoms with E-state index in [1.165, 1.54) is 0 Å². The highest BCUT2D eigenvalue weighted by atomic mass is 35.5. The molecule has 4 heteroatoms. The topological polar surface area (TPSA) is 42.0 Å². The highest BCUT2D eigenvalue weighted by Crippen LogP contribution is 2.21. The van der Waals surface area contributed by atoms with Gasteiger partial charge in [0.1, 0.15) is 0 Å². The van der Waals surface area contributed by atoms with Gasteiger partial charge in [0.05, 0.1) is 11.4 Å². The van der Waals surface area contributed by atoms with Crippen LogP contribution in [0.25, 0.3) is 10.8 Å². The lowest BCUT2D eigenvalue weighted by Crippen LogP contribution is -2.15. The van der Waals surface area contributed by atoms with Crippen molar-refractivity contribution in [3.05, 3.63) is 71.4 Å². The molecule has 0 saturated carbocycles. The van der Waals surface area contributed by atoms with Gasteiger partial charge in [-0.3, -0.25) is 4.79 Å². The number of nitrogens with one attached hydrogen (secondary N) is 1. The quantitative estimate of drug-likeness (QED) is 0.791.